The summed E-state index contributed by atoms with van der Waals surface area (Å²) in [5, 5.41) is 19.7. The summed E-state index contributed by atoms with van der Waals surface area (Å²) in [6.07, 6.45) is 1.26. The van der Waals surface area contributed by atoms with E-state index < -0.39 is 21.8 Å². The van der Waals surface area contributed by atoms with E-state index in [0.717, 1.165) is 6.92 Å². The van der Waals surface area contributed by atoms with Crippen molar-refractivity contribution >= 4 is 23.5 Å². The van der Waals surface area contributed by atoms with E-state index in [-0.39, 0.29) is 30.9 Å². The zero-order valence-corrected chi connectivity index (χ0v) is 12.7. The Kier molecular flexibility index (Phi) is 7.01. The molecule has 0 amide bonds. The molecule has 128 valence electrons. The van der Waals surface area contributed by atoms with Gasteiger partial charge in [0.1, 0.15) is 5.57 Å². The van der Waals surface area contributed by atoms with E-state index in [1.165, 1.54) is 30.3 Å². The number of nitrogens with zero attached hydrogens (tertiary/aromatic N) is 2. The molecule has 10 nitrogen and oxygen atoms in total. The van der Waals surface area contributed by atoms with Gasteiger partial charge in [-0.3, -0.25) is 14.9 Å². The van der Waals surface area contributed by atoms with Gasteiger partial charge < -0.3 is 9.57 Å². The second-order valence-corrected chi connectivity index (χ2v) is 4.51. The molecule has 1 rings (SSSR count). The maximum absolute atomic E-state index is 11.9. The summed E-state index contributed by atoms with van der Waals surface area (Å²) < 4.78 is 4.83. The van der Waals surface area contributed by atoms with Crippen LogP contribution in [-0.2, 0) is 19.2 Å². The number of hydrogen-bond acceptors (Lipinski definition) is 8. The molecule has 0 radical (unpaired) electrons. The second kappa shape index (κ2) is 8.98. The van der Waals surface area contributed by atoms with Crippen LogP contribution in [-0.4, -0.2) is 35.0 Å². The molecule has 0 saturated carbocycles. The average Bonchev–Trinajstić information content (AvgIpc) is 2.51. The van der Waals surface area contributed by atoms with Crippen molar-refractivity contribution in [2.45, 2.75) is 13.3 Å². The summed E-state index contributed by atoms with van der Waals surface area (Å²) in [7, 11) is 0. The molecule has 0 aliphatic heterocycles. The predicted octanol–water partition coefficient (Wildman–Crippen LogP) is 1.71. The monoisotopic (exact) mass is 338 g/mol. The third-order valence-corrected chi connectivity index (χ3v) is 2.71. The predicted molar refractivity (Wildman–Crippen MR) is 80.3 cm³/mol. The number of benzene rings is 1. The minimum absolute atomic E-state index is 0.0781. The van der Waals surface area contributed by atoms with Crippen molar-refractivity contribution < 1.29 is 29.2 Å². The highest BCUT2D eigenvalue weighted by Gasteiger charge is 2.17. The van der Waals surface area contributed by atoms with Crippen LogP contribution >= 0.6 is 0 Å². The van der Waals surface area contributed by atoms with Crippen LogP contribution in [0.15, 0.2) is 29.8 Å². The van der Waals surface area contributed by atoms with Crippen molar-refractivity contribution in [3.63, 3.8) is 0 Å². The number of esters is 1. The van der Waals surface area contributed by atoms with E-state index >= 15 is 0 Å². The first-order valence-corrected chi connectivity index (χ1v) is 6.72. The Morgan fingerprint density at radius 2 is 1.92 bits per heavy atom. The molecule has 0 atom stereocenters. The highest BCUT2D eigenvalue weighted by molar-refractivity contribution is 6.19. The molecular formula is C14H14N2O8. The van der Waals surface area contributed by atoms with Crippen LogP contribution in [0.2, 0.25) is 0 Å². The Labute approximate surface area is 135 Å². The van der Waals surface area contributed by atoms with Crippen LogP contribution in [0.3, 0.4) is 0 Å². The van der Waals surface area contributed by atoms with Gasteiger partial charge in [0, 0.05) is 18.6 Å². The molecule has 0 aliphatic rings. The molecule has 1 aromatic rings. The number of nitro groups is 1. The van der Waals surface area contributed by atoms with Crippen LogP contribution in [0.4, 0.5) is 5.69 Å². The fourth-order valence-electron chi connectivity index (χ4n) is 1.64. The van der Waals surface area contributed by atoms with E-state index in [9.17, 15) is 29.8 Å². The molecule has 0 unspecified atom stereocenters. The van der Waals surface area contributed by atoms with E-state index in [4.69, 9.17) is 4.74 Å². The zero-order valence-electron chi connectivity index (χ0n) is 12.7. The number of Topliss-reactive ketones (excluding diaryl/α,β-unsaturated/α-hetero) is 1. The average molecular weight is 338 g/mol. The Bertz CT molecular complexity index is 683. The lowest BCUT2D eigenvalue weighted by Crippen LogP contribution is -2.15. The van der Waals surface area contributed by atoms with Gasteiger partial charge in [0.25, 0.3) is 10.8 Å². The minimum Gasteiger partial charge on any atom is -0.462 e. The number of nitro benzene ring substituents is 1. The minimum atomic E-state index is -0.967. The molecule has 10 heteroatoms. The van der Waals surface area contributed by atoms with E-state index in [2.05, 4.69) is 4.84 Å². The summed E-state index contributed by atoms with van der Waals surface area (Å²) in [4.78, 5) is 47.6. The van der Waals surface area contributed by atoms with Crippen LogP contribution in [0, 0.1) is 20.2 Å². The summed E-state index contributed by atoms with van der Waals surface area (Å²) in [5.41, 5.74) is -0.175. The van der Waals surface area contributed by atoms with E-state index in [1.54, 1.807) is 0 Å². The lowest BCUT2D eigenvalue weighted by molar-refractivity contribution is -0.757. The summed E-state index contributed by atoms with van der Waals surface area (Å²) >= 11 is 0. The number of hydrogen-bond donors (Lipinski definition) is 0. The quantitative estimate of drug-likeness (QED) is 0.126. The maximum Gasteiger partial charge on any atom is 0.341 e. The molecule has 0 bridgehead atoms. The molecule has 0 N–H and O–H groups in total. The Morgan fingerprint density at radius 1 is 1.21 bits per heavy atom. The highest BCUT2D eigenvalue weighted by atomic mass is 16.9. The van der Waals surface area contributed by atoms with E-state index in [1.807, 2.05) is 0 Å². The number of ether oxygens (including phenoxy) is 1. The first-order valence-electron chi connectivity index (χ1n) is 6.72. The molecule has 0 fully saturated rings. The van der Waals surface area contributed by atoms with Crippen LogP contribution in [0.25, 0.3) is 6.08 Å². The Hall–Kier alpha value is -3.30. The maximum atomic E-state index is 11.9. The van der Waals surface area contributed by atoms with Crippen molar-refractivity contribution in [3.05, 3.63) is 55.6 Å². The van der Waals surface area contributed by atoms with Gasteiger partial charge in [-0.1, -0.05) is 12.1 Å². The molecule has 0 aliphatic carbocycles. The molecular weight excluding hydrogens is 324 g/mol. The summed E-state index contributed by atoms with van der Waals surface area (Å²) in [5.74, 6) is -1.50. The van der Waals surface area contributed by atoms with Gasteiger partial charge >= 0.3 is 5.97 Å². The lowest BCUT2D eigenvalue weighted by atomic mass is 10.1. The smallest absolute Gasteiger partial charge is 0.341 e. The largest absolute Gasteiger partial charge is 0.462 e. The SMILES string of the molecule is CC(=O)/C(=C\c1cccc([N+](=O)[O-])c1)C(=O)OCCCO[N+](=O)[O-]. The standard InChI is InChI=1S/C14H14N2O8/c1-10(17)13(14(18)23-6-3-7-24-16(21)22)9-11-4-2-5-12(8-11)15(19)20/h2,4-5,8-9H,3,6-7H2,1H3/b13-9+. The first-order chi connectivity index (χ1) is 11.3. The Morgan fingerprint density at radius 3 is 2.50 bits per heavy atom. The van der Waals surface area contributed by atoms with Crippen molar-refractivity contribution in [1.82, 2.24) is 0 Å². The zero-order chi connectivity index (χ0) is 18.1. The van der Waals surface area contributed by atoms with Crippen molar-refractivity contribution in [3.8, 4) is 0 Å². The van der Waals surface area contributed by atoms with Crippen molar-refractivity contribution in [2.75, 3.05) is 13.2 Å². The number of non-ortho nitro benzene ring substituents is 1. The fraction of sp³-hybridized carbons (Fsp3) is 0.286. The molecule has 24 heavy (non-hydrogen) atoms. The summed E-state index contributed by atoms with van der Waals surface area (Å²) in [6.45, 7) is 0.733. The van der Waals surface area contributed by atoms with Gasteiger partial charge in [-0.2, -0.15) is 0 Å². The van der Waals surface area contributed by atoms with Gasteiger partial charge in [-0.15, -0.1) is 10.1 Å². The Balaban J connectivity index is 2.77. The summed E-state index contributed by atoms with van der Waals surface area (Å²) in [6, 6.07) is 5.40. The van der Waals surface area contributed by atoms with Gasteiger partial charge in [-0.25, -0.2) is 4.79 Å². The topological polar surface area (TPSA) is 139 Å². The number of carbonyl (C=O) groups is 2. The van der Waals surface area contributed by atoms with Crippen LogP contribution in [0.5, 0.6) is 0 Å². The molecule has 0 heterocycles. The molecule has 0 saturated heterocycles. The van der Waals surface area contributed by atoms with E-state index in [0.29, 0.717) is 5.56 Å². The third-order valence-electron chi connectivity index (χ3n) is 2.71. The van der Waals surface area contributed by atoms with Gasteiger partial charge in [0.2, 0.25) is 0 Å². The molecule has 0 spiro atoms. The van der Waals surface area contributed by atoms with Crippen molar-refractivity contribution in [2.24, 2.45) is 0 Å². The third kappa shape index (κ3) is 6.22. The molecule has 0 aromatic heterocycles. The van der Waals surface area contributed by atoms with Crippen LogP contribution < -0.4 is 0 Å². The fourth-order valence-corrected chi connectivity index (χ4v) is 1.64. The number of rotatable bonds is 9. The van der Waals surface area contributed by atoms with Gasteiger partial charge in [-0.05, 0) is 18.6 Å². The van der Waals surface area contributed by atoms with Crippen LogP contribution in [0.1, 0.15) is 18.9 Å². The number of carbonyl (C=O) groups excluding carboxylic acids is 2. The van der Waals surface area contributed by atoms with Gasteiger partial charge in [0.05, 0.1) is 18.1 Å². The first kappa shape index (κ1) is 18.7. The number of ketones is 1. The van der Waals surface area contributed by atoms with Crippen molar-refractivity contribution in [1.29, 1.82) is 0 Å². The lowest BCUT2D eigenvalue weighted by Gasteiger charge is -2.06. The second-order valence-electron chi connectivity index (χ2n) is 4.51. The highest BCUT2D eigenvalue weighted by Crippen LogP contribution is 2.16. The molecule has 1 aromatic carbocycles. The normalized spacial score (nSPS) is 10.8. The van der Waals surface area contributed by atoms with Gasteiger partial charge in [0.15, 0.2) is 5.78 Å².